The first-order valence-corrected chi connectivity index (χ1v) is 5.52. The van der Waals surface area contributed by atoms with Gasteiger partial charge in [0, 0.05) is 23.3 Å². The van der Waals surface area contributed by atoms with E-state index in [1.54, 1.807) is 13.3 Å². The number of aromatic amines is 1. The fourth-order valence-corrected chi connectivity index (χ4v) is 1.93. The molecule has 5 heteroatoms. The van der Waals surface area contributed by atoms with E-state index in [9.17, 15) is 0 Å². The topological polar surface area (TPSA) is 76.8 Å². The summed E-state index contributed by atoms with van der Waals surface area (Å²) in [5.41, 5.74) is 8.42. The fraction of sp³-hybridized carbons (Fsp3) is 0.0769. The average Bonchev–Trinajstić information content (AvgIpc) is 2.81. The number of hydrogen-bond acceptors (Lipinski definition) is 4. The molecule has 3 rings (SSSR count). The smallest absolute Gasteiger partial charge is 0.221 e. The number of nitrogens with one attached hydrogen (secondary N) is 1. The van der Waals surface area contributed by atoms with E-state index in [-0.39, 0.29) is 5.95 Å². The largest absolute Gasteiger partial charge is 0.497 e. The van der Waals surface area contributed by atoms with Crippen LogP contribution in [0.25, 0.3) is 22.2 Å². The Kier molecular flexibility index (Phi) is 2.37. The van der Waals surface area contributed by atoms with Crippen molar-refractivity contribution in [3.63, 3.8) is 0 Å². The zero-order valence-electron chi connectivity index (χ0n) is 9.84. The van der Waals surface area contributed by atoms with Gasteiger partial charge in [-0.2, -0.15) is 4.98 Å². The summed E-state index contributed by atoms with van der Waals surface area (Å²) < 4.78 is 5.14. The van der Waals surface area contributed by atoms with Gasteiger partial charge in [0.1, 0.15) is 11.4 Å². The molecule has 5 nitrogen and oxygen atoms in total. The third kappa shape index (κ3) is 1.66. The highest BCUT2D eigenvalue weighted by Crippen LogP contribution is 2.28. The van der Waals surface area contributed by atoms with Crippen LogP contribution in [0, 0.1) is 0 Å². The summed E-state index contributed by atoms with van der Waals surface area (Å²) in [7, 11) is 1.65. The summed E-state index contributed by atoms with van der Waals surface area (Å²) in [5, 5.41) is 0.953. The van der Waals surface area contributed by atoms with Crippen LogP contribution in [0.3, 0.4) is 0 Å². The van der Waals surface area contributed by atoms with Crippen LogP contribution < -0.4 is 10.5 Å². The summed E-state index contributed by atoms with van der Waals surface area (Å²) in [4.78, 5) is 11.3. The molecule has 2 aromatic heterocycles. The number of nitrogens with two attached hydrogens (primary N) is 1. The highest BCUT2D eigenvalue weighted by atomic mass is 16.5. The monoisotopic (exact) mass is 240 g/mol. The molecule has 0 unspecified atom stereocenters. The van der Waals surface area contributed by atoms with Crippen LogP contribution in [0.15, 0.2) is 36.7 Å². The van der Waals surface area contributed by atoms with E-state index >= 15 is 0 Å². The average molecular weight is 240 g/mol. The lowest BCUT2D eigenvalue weighted by Gasteiger charge is -2.02. The predicted octanol–water partition coefficient (Wildman–Crippen LogP) is 2.22. The molecular formula is C13H12N4O. The van der Waals surface area contributed by atoms with Crippen molar-refractivity contribution in [3.8, 4) is 16.9 Å². The number of nitrogen functional groups attached to an aromatic ring is 1. The van der Waals surface area contributed by atoms with Gasteiger partial charge in [0.05, 0.1) is 7.11 Å². The zero-order valence-corrected chi connectivity index (χ0v) is 9.84. The van der Waals surface area contributed by atoms with Crippen molar-refractivity contribution in [2.24, 2.45) is 0 Å². The van der Waals surface area contributed by atoms with Crippen LogP contribution in [0.5, 0.6) is 5.75 Å². The van der Waals surface area contributed by atoms with E-state index in [0.29, 0.717) is 0 Å². The molecule has 0 bridgehead atoms. The molecule has 0 aliphatic heterocycles. The molecule has 0 fully saturated rings. The standard InChI is InChI=1S/C13H12N4O/c1-18-9-4-2-8(3-5-9)10-6-15-12-11(10)7-16-13(14)17-12/h2-7H,1H3,(H3,14,15,16,17). The van der Waals surface area contributed by atoms with Crippen molar-refractivity contribution < 1.29 is 4.74 Å². The molecule has 1 aromatic carbocycles. The summed E-state index contributed by atoms with van der Waals surface area (Å²) in [6.45, 7) is 0. The normalized spacial score (nSPS) is 10.7. The minimum atomic E-state index is 0.269. The SMILES string of the molecule is COc1ccc(-c2c[nH]c3nc(N)ncc23)cc1. The lowest BCUT2D eigenvalue weighted by Crippen LogP contribution is -1.93. The Balaban J connectivity index is 2.13. The van der Waals surface area contributed by atoms with Gasteiger partial charge in [0.2, 0.25) is 5.95 Å². The van der Waals surface area contributed by atoms with Crippen molar-refractivity contribution >= 4 is 17.0 Å². The van der Waals surface area contributed by atoms with Gasteiger partial charge in [-0.15, -0.1) is 0 Å². The molecule has 0 saturated carbocycles. The Labute approximate surface area is 104 Å². The molecule has 0 spiro atoms. The van der Waals surface area contributed by atoms with Crippen LogP contribution in [-0.2, 0) is 0 Å². The predicted molar refractivity (Wildman–Crippen MR) is 70.3 cm³/mol. The van der Waals surface area contributed by atoms with E-state index < -0.39 is 0 Å². The number of nitrogens with zero attached hydrogens (tertiary/aromatic N) is 2. The minimum Gasteiger partial charge on any atom is -0.497 e. The molecule has 0 atom stereocenters. The Hall–Kier alpha value is -2.56. The van der Waals surface area contributed by atoms with Gasteiger partial charge in [0.25, 0.3) is 0 Å². The van der Waals surface area contributed by atoms with E-state index in [1.807, 2.05) is 30.5 Å². The van der Waals surface area contributed by atoms with Crippen molar-refractivity contribution in [2.45, 2.75) is 0 Å². The number of rotatable bonds is 2. The zero-order chi connectivity index (χ0) is 12.5. The summed E-state index contributed by atoms with van der Waals surface area (Å²) in [6.07, 6.45) is 3.63. The first-order valence-electron chi connectivity index (χ1n) is 5.52. The maximum absolute atomic E-state index is 5.55. The second kappa shape index (κ2) is 4.03. The molecule has 3 N–H and O–H groups in total. The molecule has 90 valence electrons. The number of hydrogen-bond donors (Lipinski definition) is 2. The number of anilines is 1. The number of aromatic nitrogens is 3. The van der Waals surface area contributed by atoms with Crippen molar-refractivity contribution in [2.75, 3.05) is 12.8 Å². The Bertz CT molecular complexity index is 688. The Morgan fingerprint density at radius 2 is 2.00 bits per heavy atom. The molecule has 0 amide bonds. The summed E-state index contributed by atoms with van der Waals surface area (Å²) in [5.74, 6) is 1.10. The van der Waals surface area contributed by atoms with Gasteiger partial charge in [0.15, 0.2) is 0 Å². The first kappa shape index (κ1) is 10.6. The highest BCUT2D eigenvalue weighted by molar-refractivity contribution is 5.93. The molecule has 3 aromatic rings. The molecule has 0 radical (unpaired) electrons. The maximum atomic E-state index is 5.55. The number of ether oxygens (including phenoxy) is 1. The van der Waals surface area contributed by atoms with E-state index in [4.69, 9.17) is 10.5 Å². The summed E-state index contributed by atoms with van der Waals surface area (Å²) in [6, 6.07) is 7.84. The van der Waals surface area contributed by atoms with E-state index in [0.717, 1.165) is 27.9 Å². The van der Waals surface area contributed by atoms with Crippen LogP contribution >= 0.6 is 0 Å². The van der Waals surface area contributed by atoms with Crippen molar-refractivity contribution in [3.05, 3.63) is 36.7 Å². The fourth-order valence-electron chi connectivity index (χ4n) is 1.93. The molecule has 18 heavy (non-hydrogen) atoms. The van der Waals surface area contributed by atoms with Crippen LogP contribution in [-0.4, -0.2) is 22.1 Å². The van der Waals surface area contributed by atoms with Gasteiger partial charge in [-0.25, -0.2) is 4.98 Å². The van der Waals surface area contributed by atoms with Gasteiger partial charge in [-0.1, -0.05) is 12.1 Å². The minimum absolute atomic E-state index is 0.269. The number of H-pyrrole nitrogens is 1. The van der Waals surface area contributed by atoms with E-state index in [1.165, 1.54) is 0 Å². The Morgan fingerprint density at radius 3 is 2.72 bits per heavy atom. The Morgan fingerprint density at radius 1 is 1.22 bits per heavy atom. The van der Waals surface area contributed by atoms with Crippen molar-refractivity contribution in [1.82, 2.24) is 15.0 Å². The van der Waals surface area contributed by atoms with E-state index in [2.05, 4.69) is 15.0 Å². The van der Waals surface area contributed by atoms with Gasteiger partial charge >= 0.3 is 0 Å². The van der Waals surface area contributed by atoms with Crippen LogP contribution in [0.4, 0.5) is 5.95 Å². The molecular weight excluding hydrogens is 228 g/mol. The molecule has 2 heterocycles. The number of fused-ring (bicyclic) bond motifs is 1. The molecule has 0 aliphatic carbocycles. The van der Waals surface area contributed by atoms with Crippen molar-refractivity contribution in [1.29, 1.82) is 0 Å². The third-order valence-corrected chi connectivity index (χ3v) is 2.85. The molecule has 0 saturated heterocycles. The number of benzene rings is 1. The highest BCUT2D eigenvalue weighted by Gasteiger charge is 2.07. The quantitative estimate of drug-likeness (QED) is 0.720. The third-order valence-electron chi connectivity index (χ3n) is 2.85. The lowest BCUT2D eigenvalue weighted by atomic mass is 10.1. The van der Waals surface area contributed by atoms with Gasteiger partial charge < -0.3 is 15.5 Å². The second-order valence-corrected chi connectivity index (χ2v) is 3.92. The van der Waals surface area contributed by atoms with Crippen LogP contribution in [0.1, 0.15) is 0 Å². The molecule has 0 aliphatic rings. The van der Waals surface area contributed by atoms with Crippen LogP contribution in [0.2, 0.25) is 0 Å². The lowest BCUT2D eigenvalue weighted by molar-refractivity contribution is 0.415. The second-order valence-electron chi connectivity index (χ2n) is 3.92. The van der Waals surface area contributed by atoms with Gasteiger partial charge in [-0.05, 0) is 17.7 Å². The van der Waals surface area contributed by atoms with Gasteiger partial charge in [-0.3, -0.25) is 0 Å². The number of methoxy groups -OCH3 is 1. The first-order chi connectivity index (χ1) is 8.78. The maximum Gasteiger partial charge on any atom is 0.221 e. The summed E-state index contributed by atoms with van der Waals surface area (Å²) >= 11 is 0.